The van der Waals surface area contributed by atoms with Crippen LogP contribution in [0.15, 0.2) is 24.3 Å². The van der Waals surface area contributed by atoms with Crippen molar-refractivity contribution >= 4 is 11.7 Å². The number of carbonyl (C=O) groups is 2. The van der Waals surface area contributed by atoms with E-state index in [9.17, 15) is 9.59 Å². The molecule has 0 bridgehead atoms. The molecule has 1 aromatic rings. The average Bonchev–Trinajstić information content (AvgIpc) is 2.75. The van der Waals surface area contributed by atoms with E-state index in [0.717, 1.165) is 0 Å². The van der Waals surface area contributed by atoms with Crippen LogP contribution < -0.4 is 5.48 Å². The molecule has 0 saturated carbocycles. The fourth-order valence-electron chi connectivity index (χ4n) is 1.61. The van der Waals surface area contributed by atoms with Gasteiger partial charge >= 0.3 is 0 Å². The monoisotopic (exact) mass is 230 g/mol. The molecule has 1 amide bonds. The van der Waals surface area contributed by atoms with Crippen LogP contribution in [0.2, 0.25) is 0 Å². The van der Waals surface area contributed by atoms with Crippen LogP contribution in [0.1, 0.15) is 28.8 Å². The molecule has 2 rings (SSSR count). The van der Waals surface area contributed by atoms with Gasteiger partial charge in [0.05, 0.1) is 18.1 Å². The lowest BCUT2D eigenvalue weighted by molar-refractivity contribution is -0.124. The lowest BCUT2D eigenvalue weighted by Crippen LogP contribution is -2.15. The van der Waals surface area contributed by atoms with Gasteiger partial charge < -0.3 is 0 Å². The maximum Gasteiger partial charge on any atom is 0.246 e. The third-order valence-electron chi connectivity index (χ3n) is 2.50. The summed E-state index contributed by atoms with van der Waals surface area (Å²) in [5.74, 6) is -0.307. The predicted octanol–water partition coefficient (Wildman–Crippen LogP) is 0.951. The molecule has 1 aliphatic rings. The Balaban J connectivity index is 2.00. The van der Waals surface area contributed by atoms with Gasteiger partial charge in [-0.15, -0.1) is 0 Å². The third kappa shape index (κ3) is 2.68. The van der Waals surface area contributed by atoms with Gasteiger partial charge in [0.2, 0.25) is 5.91 Å². The summed E-state index contributed by atoms with van der Waals surface area (Å²) in [6.07, 6.45) is -0.0298. The number of nitrogens with one attached hydrogen (secondary N) is 1. The summed E-state index contributed by atoms with van der Waals surface area (Å²) in [6, 6.07) is 8.36. The van der Waals surface area contributed by atoms with Gasteiger partial charge in [-0.3, -0.25) is 14.4 Å². The number of Topliss-reactive ketones (excluding diaryl/α,β-unsaturated/α-hetero) is 1. The maximum absolute atomic E-state index is 11.8. The molecule has 5 heteroatoms. The van der Waals surface area contributed by atoms with Gasteiger partial charge in [0.15, 0.2) is 5.78 Å². The smallest absolute Gasteiger partial charge is 0.246 e. The van der Waals surface area contributed by atoms with Crippen molar-refractivity contribution in [2.24, 2.45) is 0 Å². The molecule has 1 fully saturated rings. The molecule has 1 aromatic carbocycles. The summed E-state index contributed by atoms with van der Waals surface area (Å²) < 4.78 is 0. The van der Waals surface area contributed by atoms with Crippen molar-refractivity contribution in [3.63, 3.8) is 0 Å². The van der Waals surface area contributed by atoms with Crippen LogP contribution in [0, 0.1) is 11.3 Å². The first kappa shape index (κ1) is 11.3. The van der Waals surface area contributed by atoms with Crippen molar-refractivity contribution < 1.29 is 14.4 Å². The molecule has 0 aliphatic carbocycles. The highest BCUT2D eigenvalue weighted by molar-refractivity contribution is 5.96. The van der Waals surface area contributed by atoms with E-state index in [-0.39, 0.29) is 24.5 Å². The summed E-state index contributed by atoms with van der Waals surface area (Å²) in [6.45, 7) is 0. The zero-order chi connectivity index (χ0) is 12.3. The second-order valence-electron chi connectivity index (χ2n) is 3.79. The van der Waals surface area contributed by atoms with Crippen molar-refractivity contribution in [1.29, 1.82) is 5.26 Å². The molecule has 1 atom stereocenters. The molecule has 86 valence electrons. The molecular weight excluding hydrogens is 220 g/mol. The highest BCUT2D eigenvalue weighted by Gasteiger charge is 2.25. The Morgan fingerprint density at radius 3 is 2.71 bits per heavy atom. The summed E-state index contributed by atoms with van der Waals surface area (Å²) in [7, 11) is 0. The van der Waals surface area contributed by atoms with Crippen molar-refractivity contribution in [1.82, 2.24) is 5.48 Å². The Morgan fingerprint density at radius 1 is 1.47 bits per heavy atom. The second-order valence-corrected chi connectivity index (χ2v) is 3.79. The van der Waals surface area contributed by atoms with Gasteiger partial charge in [-0.2, -0.15) is 5.26 Å². The molecular formula is C12H10N2O3. The Hall–Kier alpha value is -2.19. The molecule has 0 radical (unpaired) electrons. The first-order valence-corrected chi connectivity index (χ1v) is 5.17. The second kappa shape index (κ2) is 4.76. The summed E-state index contributed by atoms with van der Waals surface area (Å²) in [5.41, 5.74) is 3.24. The SMILES string of the molecule is N#Cc1ccc(C(=O)CC2CC(=O)NO2)cc1. The van der Waals surface area contributed by atoms with Crippen LogP contribution in [0.3, 0.4) is 0 Å². The number of ketones is 1. The molecule has 1 unspecified atom stereocenters. The molecule has 1 N–H and O–H groups in total. The van der Waals surface area contributed by atoms with E-state index in [4.69, 9.17) is 10.1 Å². The highest BCUT2D eigenvalue weighted by Crippen LogP contribution is 2.14. The van der Waals surface area contributed by atoms with Crippen molar-refractivity contribution in [2.75, 3.05) is 0 Å². The number of hydroxylamine groups is 1. The number of nitriles is 1. The summed E-state index contributed by atoms with van der Waals surface area (Å²) >= 11 is 0. The zero-order valence-electron chi connectivity index (χ0n) is 8.97. The van der Waals surface area contributed by atoms with Gasteiger partial charge in [0.1, 0.15) is 6.10 Å². The lowest BCUT2D eigenvalue weighted by Gasteiger charge is -2.05. The number of rotatable bonds is 3. The van der Waals surface area contributed by atoms with E-state index in [0.29, 0.717) is 11.1 Å². The molecule has 1 heterocycles. The van der Waals surface area contributed by atoms with E-state index in [1.807, 2.05) is 6.07 Å². The minimum Gasteiger partial charge on any atom is -0.294 e. The Morgan fingerprint density at radius 2 is 2.18 bits per heavy atom. The van der Waals surface area contributed by atoms with Crippen LogP contribution in [-0.2, 0) is 9.63 Å². The van der Waals surface area contributed by atoms with Crippen LogP contribution in [-0.4, -0.2) is 17.8 Å². The normalized spacial score (nSPS) is 18.5. The maximum atomic E-state index is 11.8. The number of carbonyl (C=O) groups excluding carboxylic acids is 2. The van der Waals surface area contributed by atoms with Crippen molar-refractivity contribution in [3.05, 3.63) is 35.4 Å². The minimum atomic E-state index is -0.398. The van der Waals surface area contributed by atoms with E-state index >= 15 is 0 Å². The van der Waals surface area contributed by atoms with Gasteiger partial charge in [-0.1, -0.05) is 12.1 Å². The summed E-state index contributed by atoms with van der Waals surface area (Å²) in [4.78, 5) is 27.6. The van der Waals surface area contributed by atoms with Crippen LogP contribution in [0.4, 0.5) is 0 Å². The standard InChI is InChI=1S/C12H10N2O3/c13-7-8-1-3-9(4-2-8)11(15)5-10-6-12(16)14-17-10/h1-4,10H,5-6H2,(H,14,16). The Labute approximate surface area is 97.9 Å². The van der Waals surface area contributed by atoms with Gasteiger partial charge in [0, 0.05) is 12.0 Å². The van der Waals surface area contributed by atoms with Crippen molar-refractivity contribution in [2.45, 2.75) is 18.9 Å². The highest BCUT2D eigenvalue weighted by atomic mass is 16.7. The molecule has 0 aromatic heterocycles. The van der Waals surface area contributed by atoms with Crippen LogP contribution in [0.5, 0.6) is 0 Å². The van der Waals surface area contributed by atoms with Gasteiger partial charge in [-0.25, -0.2) is 5.48 Å². The van der Waals surface area contributed by atoms with E-state index in [2.05, 4.69) is 5.48 Å². The Kier molecular flexibility index (Phi) is 3.17. The number of amides is 1. The molecule has 5 nitrogen and oxygen atoms in total. The quantitative estimate of drug-likeness (QED) is 0.784. The van der Waals surface area contributed by atoms with Crippen LogP contribution >= 0.6 is 0 Å². The summed E-state index contributed by atoms with van der Waals surface area (Å²) in [5, 5.41) is 8.63. The van der Waals surface area contributed by atoms with Gasteiger partial charge in [0.25, 0.3) is 0 Å². The van der Waals surface area contributed by atoms with Crippen LogP contribution in [0.25, 0.3) is 0 Å². The molecule has 1 aliphatic heterocycles. The lowest BCUT2D eigenvalue weighted by atomic mass is 10.0. The minimum absolute atomic E-state index is 0.101. The van der Waals surface area contributed by atoms with E-state index in [1.165, 1.54) is 0 Å². The first-order valence-electron chi connectivity index (χ1n) is 5.17. The number of nitrogens with zero attached hydrogens (tertiary/aromatic N) is 1. The number of benzene rings is 1. The average molecular weight is 230 g/mol. The molecule has 0 spiro atoms. The molecule has 1 saturated heterocycles. The Bertz CT molecular complexity index is 487. The number of hydrogen-bond acceptors (Lipinski definition) is 4. The van der Waals surface area contributed by atoms with Crippen molar-refractivity contribution in [3.8, 4) is 6.07 Å². The number of hydrogen-bond donors (Lipinski definition) is 1. The largest absolute Gasteiger partial charge is 0.294 e. The van der Waals surface area contributed by atoms with E-state index < -0.39 is 6.10 Å². The van der Waals surface area contributed by atoms with E-state index in [1.54, 1.807) is 24.3 Å². The fraction of sp³-hybridized carbons (Fsp3) is 0.250. The predicted molar refractivity (Wildman–Crippen MR) is 57.7 cm³/mol. The zero-order valence-corrected chi connectivity index (χ0v) is 8.97. The fourth-order valence-corrected chi connectivity index (χ4v) is 1.61. The topological polar surface area (TPSA) is 79.2 Å². The first-order chi connectivity index (χ1) is 8.19. The van der Waals surface area contributed by atoms with Gasteiger partial charge in [-0.05, 0) is 12.1 Å². The third-order valence-corrected chi connectivity index (χ3v) is 2.50. The molecule has 17 heavy (non-hydrogen) atoms.